The van der Waals surface area contributed by atoms with E-state index in [9.17, 15) is 0 Å². The Kier molecular flexibility index (Phi) is 19.3. The van der Waals surface area contributed by atoms with E-state index in [4.69, 9.17) is 22.4 Å². The minimum absolute atomic E-state index is 0.0606. The second-order valence-corrected chi connectivity index (χ2v) is 46.1. The van der Waals surface area contributed by atoms with Crippen molar-refractivity contribution in [3.05, 3.63) is 47.6 Å². The fraction of sp³-hybridized carbons (Fsp3) is 0.855. The summed E-state index contributed by atoms with van der Waals surface area (Å²) in [5.74, 6) is 1.85. The highest BCUT2D eigenvalue weighted by atomic mass is 28.4. The van der Waals surface area contributed by atoms with Crippen LogP contribution in [0.25, 0.3) is 0 Å². The Labute approximate surface area is 402 Å². The quantitative estimate of drug-likeness (QED) is 0.0778. The Morgan fingerprint density at radius 1 is 0.656 bits per heavy atom. The summed E-state index contributed by atoms with van der Waals surface area (Å²) in [6, 6.07) is 0. The van der Waals surface area contributed by atoms with Gasteiger partial charge in [-0.2, -0.15) is 0 Å². The van der Waals surface area contributed by atoms with Gasteiger partial charge < -0.3 is 22.4 Å². The number of rotatable bonds is 18. The number of fused-ring (bicyclic) bond motifs is 1. The molecule has 6 atom stereocenters. The van der Waals surface area contributed by atoms with Crippen molar-refractivity contribution >= 4 is 33.3 Å². The van der Waals surface area contributed by atoms with E-state index >= 15 is 0 Å². The van der Waals surface area contributed by atoms with Crippen molar-refractivity contribution in [3.63, 3.8) is 0 Å². The molecule has 64 heavy (non-hydrogen) atoms. The van der Waals surface area contributed by atoms with Gasteiger partial charge in [-0.25, -0.2) is 0 Å². The lowest BCUT2D eigenvalue weighted by atomic mass is 9.61. The van der Waals surface area contributed by atoms with Crippen LogP contribution in [-0.4, -0.2) is 70.4 Å². The lowest BCUT2D eigenvalue weighted by Crippen LogP contribution is -2.56. The third-order valence-electron chi connectivity index (χ3n) is 18.4. The van der Waals surface area contributed by atoms with Crippen LogP contribution < -0.4 is 0 Å². The molecule has 0 amide bonds. The van der Waals surface area contributed by atoms with Gasteiger partial charge >= 0.3 is 0 Å². The van der Waals surface area contributed by atoms with E-state index in [0.29, 0.717) is 36.4 Å². The van der Waals surface area contributed by atoms with Crippen molar-refractivity contribution in [2.75, 3.05) is 13.2 Å². The van der Waals surface area contributed by atoms with E-state index in [-0.39, 0.29) is 44.1 Å². The van der Waals surface area contributed by atoms with Gasteiger partial charge in [0.15, 0.2) is 33.3 Å². The van der Waals surface area contributed by atoms with Crippen LogP contribution in [0.15, 0.2) is 47.6 Å². The van der Waals surface area contributed by atoms with E-state index < -0.39 is 33.3 Å². The van der Waals surface area contributed by atoms with Gasteiger partial charge in [-0.05, 0) is 153 Å². The van der Waals surface area contributed by atoms with Crippen LogP contribution in [0.3, 0.4) is 0 Å². The van der Waals surface area contributed by atoms with Gasteiger partial charge in [-0.15, -0.1) is 0 Å². The topological polar surface area (TPSA) is 46.2 Å². The molecule has 0 N–H and O–H groups in total. The summed E-state index contributed by atoms with van der Waals surface area (Å²) in [5, 5.41) is 0.528. The molecule has 0 radical (unpaired) electrons. The summed E-state index contributed by atoms with van der Waals surface area (Å²) >= 11 is 0. The highest BCUT2D eigenvalue weighted by Gasteiger charge is 2.51. The third-order valence-corrected chi connectivity index (χ3v) is 36.5. The second kappa shape index (κ2) is 21.3. The van der Waals surface area contributed by atoms with Crippen molar-refractivity contribution in [3.8, 4) is 0 Å². The summed E-state index contributed by atoms with van der Waals surface area (Å²) in [5.41, 5.74) is 3.24. The zero-order valence-electron chi connectivity index (χ0n) is 46.7. The third kappa shape index (κ3) is 14.1. The largest absolute Gasteiger partial charge is 0.414 e. The number of allylic oxidation sites excluding steroid dienone is 6. The molecule has 0 aliphatic heterocycles. The van der Waals surface area contributed by atoms with Crippen LogP contribution >= 0.6 is 0 Å². The van der Waals surface area contributed by atoms with Crippen LogP contribution in [0.5, 0.6) is 0 Å². The van der Waals surface area contributed by atoms with Crippen molar-refractivity contribution in [1.29, 1.82) is 0 Å². The van der Waals surface area contributed by atoms with E-state index in [0.717, 1.165) is 25.7 Å². The van der Waals surface area contributed by atoms with Gasteiger partial charge in [0.05, 0.1) is 31.0 Å². The number of hydrogen-bond donors (Lipinski definition) is 0. The van der Waals surface area contributed by atoms with Crippen molar-refractivity contribution in [2.24, 2.45) is 23.2 Å². The highest BCUT2D eigenvalue weighted by molar-refractivity contribution is 6.75. The Balaban J connectivity index is 1.94. The molecule has 3 saturated carbocycles. The predicted molar refractivity (Wildman–Crippen MR) is 290 cm³/mol. The molecular formula is C55H106O5Si4. The average Bonchev–Trinajstić information content (AvgIpc) is 3.49. The van der Waals surface area contributed by atoms with Gasteiger partial charge in [-0.1, -0.05) is 158 Å². The predicted octanol–water partition coefficient (Wildman–Crippen LogP) is 17.4. The molecule has 3 unspecified atom stereocenters. The molecule has 3 aliphatic carbocycles. The summed E-state index contributed by atoms with van der Waals surface area (Å²) in [6.45, 7) is 58.0. The first-order chi connectivity index (χ1) is 28.9. The maximum atomic E-state index is 7.43. The molecule has 9 heteroatoms. The van der Waals surface area contributed by atoms with Crippen LogP contribution in [-0.2, 0) is 22.4 Å². The molecule has 3 rings (SSSR count). The number of hydrogen-bond acceptors (Lipinski definition) is 5. The highest BCUT2D eigenvalue weighted by Crippen LogP contribution is 2.60. The zero-order valence-corrected chi connectivity index (χ0v) is 50.7. The van der Waals surface area contributed by atoms with E-state index in [1.165, 1.54) is 37.7 Å². The lowest BCUT2D eigenvalue weighted by molar-refractivity contribution is -0.105. The number of ether oxygens (including phenoxy) is 1. The zero-order chi connectivity index (χ0) is 49.2. The van der Waals surface area contributed by atoms with E-state index in [1.54, 1.807) is 5.57 Å². The minimum atomic E-state index is -2.14. The minimum Gasteiger partial charge on any atom is -0.414 e. The van der Waals surface area contributed by atoms with Gasteiger partial charge in [0.2, 0.25) is 0 Å². The summed E-state index contributed by atoms with van der Waals surface area (Å²) in [4.78, 5) is 0. The molecule has 5 nitrogen and oxygen atoms in total. The Hall–Kier alpha value is -0.372. The van der Waals surface area contributed by atoms with Gasteiger partial charge in [0.25, 0.3) is 0 Å². The van der Waals surface area contributed by atoms with Crippen molar-refractivity contribution in [2.45, 2.75) is 265 Å². The standard InChI is InChI=1S/C55H106O5Si4/c1-25-55(26-2,60-64(23,24)53(13,14)15)37-28-27-30-42(3)45-34-35-46-44(31-29-36-54(45,46)16)33-32-43-40-47(58-62(19,20)51(7,8)9)49(48(41-43)59-63(21,22)52(10,11)12)56-38-39-57-61(17,18)50(4,5)6/h27-28,30,32-33,37,42,45-49H,25-26,29,31,34-36,38-41H2,1-24H3/b30-27+,37-28+,43-32?,44-33+/t42-,45?,46?,47-,48-,49?,54?/m1/s1. The molecule has 0 bridgehead atoms. The first-order valence-electron chi connectivity index (χ1n) is 25.9. The molecule has 0 heterocycles. The first-order valence-corrected chi connectivity index (χ1v) is 37.6. The molecule has 372 valence electrons. The molecule has 0 aromatic carbocycles. The first kappa shape index (κ1) is 57.9. The lowest BCUT2D eigenvalue weighted by Gasteiger charge is -2.48. The summed E-state index contributed by atoms with van der Waals surface area (Å²) in [6.07, 6.45) is 24.5. The summed E-state index contributed by atoms with van der Waals surface area (Å²) < 4.78 is 35.6. The fourth-order valence-electron chi connectivity index (χ4n) is 9.75. The van der Waals surface area contributed by atoms with Crippen LogP contribution in [0.2, 0.25) is 72.5 Å². The molecular weight excluding hydrogens is 853 g/mol. The molecule has 3 aliphatic rings. The summed E-state index contributed by atoms with van der Waals surface area (Å²) in [7, 11) is -8.08. The molecule has 0 aromatic rings. The maximum absolute atomic E-state index is 7.43. The fourth-order valence-corrected chi connectivity index (χ4v) is 15.1. The molecule has 0 aromatic heterocycles. The van der Waals surface area contributed by atoms with Crippen LogP contribution in [0, 0.1) is 23.2 Å². The average molecular weight is 960 g/mol. The normalized spacial score (nSPS) is 27.5. The van der Waals surface area contributed by atoms with Crippen LogP contribution in [0.4, 0.5) is 0 Å². The van der Waals surface area contributed by atoms with Gasteiger partial charge in [0.1, 0.15) is 6.10 Å². The molecule has 0 spiro atoms. The van der Waals surface area contributed by atoms with Crippen molar-refractivity contribution < 1.29 is 22.4 Å². The molecule has 3 fully saturated rings. The maximum Gasteiger partial charge on any atom is 0.193 e. The second-order valence-electron chi connectivity index (χ2n) is 27.1. The van der Waals surface area contributed by atoms with Crippen LogP contribution in [0.1, 0.15) is 169 Å². The Morgan fingerprint density at radius 3 is 1.62 bits per heavy atom. The van der Waals surface area contributed by atoms with E-state index in [2.05, 4.69) is 200 Å². The SMILES string of the molecule is CCC(/C=C/C=C/[C@@H](C)C1CCC2/C(=C/C=C3C[C@@H](O[Si](C)(C)C(C)(C)C)C(OCCO[Si](C)(C)C(C)(C)C)[C@H](O[Si](C)(C)C(C)(C)C)C3)CCCC21C)(CC)O[Si](C)(C)C(C)(C)C. The molecule has 0 saturated heterocycles. The monoisotopic (exact) mass is 959 g/mol. The smallest absolute Gasteiger partial charge is 0.193 e. The van der Waals surface area contributed by atoms with Gasteiger partial charge in [0, 0.05) is 0 Å². The van der Waals surface area contributed by atoms with E-state index in [1.807, 2.05) is 0 Å². The van der Waals surface area contributed by atoms with Gasteiger partial charge in [-0.3, -0.25) is 0 Å². The van der Waals surface area contributed by atoms with Crippen molar-refractivity contribution in [1.82, 2.24) is 0 Å². The Bertz CT molecular complexity index is 1580. The Morgan fingerprint density at radius 2 is 1.16 bits per heavy atom.